The first-order chi connectivity index (χ1) is 13.8. The number of ketones is 1. The van der Waals surface area contributed by atoms with E-state index in [-0.39, 0.29) is 37.0 Å². The molecule has 0 unspecified atom stereocenters. The fraction of sp³-hybridized carbons (Fsp3) is 0.400. The Kier molecular flexibility index (Phi) is 6.58. The molecule has 0 radical (unpaired) electrons. The van der Waals surface area contributed by atoms with E-state index in [0.29, 0.717) is 11.4 Å². The fourth-order valence-electron chi connectivity index (χ4n) is 2.63. The highest BCUT2D eigenvalue weighted by Crippen LogP contribution is 2.30. The fourth-order valence-corrected chi connectivity index (χ4v) is 2.63. The van der Waals surface area contributed by atoms with Gasteiger partial charge >= 0.3 is 6.18 Å². The third kappa shape index (κ3) is 6.94. The van der Waals surface area contributed by atoms with Gasteiger partial charge in [-0.1, -0.05) is 24.3 Å². The van der Waals surface area contributed by atoms with E-state index in [4.69, 9.17) is 0 Å². The van der Waals surface area contributed by atoms with E-state index in [0.717, 1.165) is 18.4 Å². The molecule has 1 aromatic heterocycles. The molecule has 1 aromatic carbocycles. The van der Waals surface area contributed by atoms with Crippen molar-refractivity contribution in [3.05, 3.63) is 59.2 Å². The van der Waals surface area contributed by atoms with Crippen LogP contribution in [0.3, 0.4) is 0 Å². The molecule has 1 N–H and O–H groups in total. The molecule has 1 aliphatic carbocycles. The molecule has 1 saturated carbocycles. The second-order valence-corrected chi connectivity index (χ2v) is 6.88. The van der Waals surface area contributed by atoms with Crippen LogP contribution in [0, 0.1) is 5.92 Å². The number of carbonyl (C=O) groups excluding carboxylic acids is 2. The molecule has 2 aromatic rings. The zero-order valence-electron chi connectivity index (χ0n) is 15.5. The van der Waals surface area contributed by atoms with Crippen LogP contribution in [0.5, 0.6) is 0 Å². The number of benzene rings is 1. The Morgan fingerprint density at radius 3 is 2.45 bits per heavy atom. The van der Waals surface area contributed by atoms with Crippen molar-refractivity contribution in [3.8, 4) is 0 Å². The lowest BCUT2D eigenvalue weighted by Gasteiger charge is -2.09. The molecule has 0 spiro atoms. The summed E-state index contributed by atoms with van der Waals surface area (Å²) in [6.07, 6.45) is -0.953. The van der Waals surface area contributed by atoms with Crippen molar-refractivity contribution in [1.82, 2.24) is 15.3 Å². The first-order valence-corrected chi connectivity index (χ1v) is 9.15. The summed E-state index contributed by atoms with van der Waals surface area (Å²) in [5.74, 6) is 0.141. The van der Waals surface area contributed by atoms with Crippen LogP contribution in [0.4, 0.5) is 13.2 Å². The van der Waals surface area contributed by atoms with E-state index in [2.05, 4.69) is 20.0 Å². The zero-order valence-corrected chi connectivity index (χ0v) is 15.5. The SMILES string of the molecule is O=C(NCc1ccc(COCC(F)(F)F)cc1)c1ccnc(CC(=O)C2CC2)n1. The Hall–Kier alpha value is -2.81. The lowest BCUT2D eigenvalue weighted by atomic mass is 10.1. The molecule has 0 atom stereocenters. The number of rotatable bonds is 9. The van der Waals surface area contributed by atoms with Gasteiger partial charge in [-0.15, -0.1) is 0 Å². The molecular weight excluding hydrogens is 387 g/mol. The molecule has 3 rings (SSSR count). The maximum atomic E-state index is 12.3. The van der Waals surface area contributed by atoms with Crippen LogP contribution in [-0.2, 0) is 29.1 Å². The summed E-state index contributed by atoms with van der Waals surface area (Å²) in [5, 5.41) is 2.72. The highest BCUT2D eigenvalue weighted by atomic mass is 19.4. The van der Waals surface area contributed by atoms with E-state index >= 15 is 0 Å². The van der Waals surface area contributed by atoms with Crippen molar-refractivity contribution in [2.45, 2.75) is 38.6 Å². The first-order valence-electron chi connectivity index (χ1n) is 9.15. The molecule has 1 amide bonds. The Morgan fingerprint density at radius 2 is 1.79 bits per heavy atom. The molecule has 6 nitrogen and oxygen atoms in total. The number of nitrogens with one attached hydrogen (secondary N) is 1. The maximum Gasteiger partial charge on any atom is 0.411 e. The van der Waals surface area contributed by atoms with Crippen molar-refractivity contribution in [2.75, 3.05) is 6.61 Å². The number of halogens is 3. The van der Waals surface area contributed by atoms with Crippen LogP contribution in [-0.4, -0.2) is 34.4 Å². The van der Waals surface area contributed by atoms with Gasteiger partial charge in [0.05, 0.1) is 13.0 Å². The third-order valence-corrected chi connectivity index (χ3v) is 4.31. The minimum Gasteiger partial charge on any atom is -0.367 e. The monoisotopic (exact) mass is 407 g/mol. The van der Waals surface area contributed by atoms with E-state index in [1.165, 1.54) is 12.3 Å². The lowest BCUT2D eigenvalue weighted by molar-refractivity contribution is -0.176. The summed E-state index contributed by atoms with van der Waals surface area (Å²) >= 11 is 0. The van der Waals surface area contributed by atoms with E-state index in [9.17, 15) is 22.8 Å². The molecule has 1 aliphatic rings. The summed E-state index contributed by atoms with van der Waals surface area (Å²) in [4.78, 5) is 32.4. The number of nitrogens with zero attached hydrogens (tertiary/aromatic N) is 2. The molecule has 9 heteroatoms. The van der Waals surface area contributed by atoms with E-state index in [1.54, 1.807) is 24.3 Å². The van der Waals surface area contributed by atoms with Gasteiger partial charge in [0.15, 0.2) is 0 Å². The smallest absolute Gasteiger partial charge is 0.367 e. The van der Waals surface area contributed by atoms with Gasteiger partial charge in [-0.05, 0) is 30.0 Å². The number of ether oxygens (including phenoxy) is 1. The van der Waals surface area contributed by atoms with Crippen molar-refractivity contribution in [2.24, 2.45) is 5.92 Å². The van der Waals surface area contributed by atoms with E-state index < -0.39 is 18.7 Å². The highest BCUT2D eigenvalue weighted by molar-refractivity contribution is 5.92. The Balaban J connectivity index is 1.48. The maximum absolute atomic E-state index is 12.3. The standard InChI is InChI=1S/C20H20F3N3O3/c21-20(22,23)12-29-11-14-3-1-13(2-4-14)10-25-19(28)16-7-8-24-18(26-16)9-17(27)15-5-6-15/h1-4,7-8,15H,5-6,9-12H2,(H,25,28). The number of aromatic nitrogens is 2. The van der Waals surface area contributed by atoms with Crippen molar-refractivity contribution >= 4 is 11.7 Å². The lowest BCUT2D eigenvalue weighted by Crippen LogP contribution is -2.24. The van der Waals surface area contributed by atoms with Crippen LogP contribution in [0.15, 0.2) is 36.5 Å². The summed E-state index contributed by atoms with van der Waals surface area (Å²) in [6, 6.07) is 8.16. The van der Waals surface area contributed by atoms with Gasteiger partial charge in [-0.3, -0.25) is 9.59 Å². The quantitative estimate of drug-likeness (QED) is 0.691. The van der Waals surface area contributed by atoms with Crippen molar-refractivity contribution < 1.29 is 27.5 Å². The van der Waals surface area contributed by atoms with Gasteiger partial charge < -0.3 is 10.1 Å². The van der Waals surface area contributed by atoms with Crippen LogP contribution in [0.25, 0.3) is 0 Å². The summed E-state index contributed by atoms with van der Waals surface area (Å²) in [5.41, 5.74) is 1.55. The Labute approximate surface area is 165 Å². The molecule has 0 bridgehead atoms. The number of hydrogen-bond donors (Lipinski definition) is 1. The first kappa shape index (κ1) is 20.9. The molecule has 0 saturated heterocycles. The van der Waals surface area contributed by atoms with Crippen molar-refractivity contribution in [3.63, 3.8) is 0 Å². The Bertz CT molecular complexity index is 865. The largest absolute Gasteiger partial charge is 0.411 e. The average Bonchev–Trinajstić information content (AvgIpc) is 3.52. The zero-order chi connectivity index (χ0) is 20.9. The number of alkyl halides is 3. The molecular formula is C20H20F3N3O3. The van der Waals surface area contributed by atoms with Crippen LogP contribution >= 0.6 is 0 Å². The normalized spacial score (nSPS) is 13.9. The molecule has 154 valence electrons. The number of carbonyl (C=O) groups is 2. The average molecular weight is 407 g/mol. The summed E-state index contributed by atoms with van der Waals surface area (Å²) in [6.45, 7) is -1.21. The molecule has 1 heterocycles. The predicted molar refractivity (Wildman–Crippen MR) is 96.8 cm³/mol. The second kappa shape index (κ2) is 9.13. The van der Waals surface area contributed by atoms with Crippen molar-refractivity contribution in [1.29, 1.82) is 0 Å². The third-order valence-electron chi connectivity index (χ3n) is 4.31. The summed E-state index contributed by atoms with van der Waals surface area (Å²) in [7, 11) is 0. The number of Topliss-reactive ketones (excluding diaryl/α,β-unsaturated/α-hetero) is 1. The second-order valence-electron chi connectivity index (χ2n) is 6.88. The van der Waals surface area contributed by atoms with E-state index in [1.807, 2.05) is 0 Å². The van der Waals surface area contributed by atoms with Gasteiger partial charge in [0.1, 0.15) is 23.9 Å². The van der Waals surface area contributed by atoms with Crippen LogP contribution in [0.1, 0.15) is 40.3 Å². The Morgan fingerprint density at radius 1 is 1.10 bits per heavy atom. The topological polar surface area (TPSA) is 81.2 Å². The van der Waals surface area contributed by atoms with Gasteiger partial charge in [-0.2, -0.15) is 13.2 Å². The molecule has 1 fully saturated rings. The predicted octanol–water partition coefficient (Wildman–Crippen LogP) is 3.01. The van der Waals surface area contributed by atoms with Crippen LogP contribution in [0.2, 0.25) is 0 Å². The minimum absolute atomic E-state index is 0.0989. The van der Waals surface area contributed by atoms with Gasteiger partial charge in [0, 0.05) is 18.7 Å². The minimum atomic E-state index is -4.35. The molecule has 0 aliphatic heterocycles. The van der Waals surface area contributed by atoms with Gasteiger partial charge in [0.2, 0.25) is 0 Å². The number of hydrogen-bond acceptors (Lipinski definition) is 5. The number of amides is 1. The van der Waals surface area contributed by atoms with Gasteiger partial charge in [0.25, 0.3) is 5.91 Å². The molecule has 29 heavy (non-hydrogen) atoms. The highest BCUT2D eigenvalue weighted by Gasteiger charge is 2.30. The van der Waals surface area contributed by atoms with Gasteiger partial charge in [-0.25, -0.2) is 9.97 Å². The van der Waals surface area contributed by atoms with Crippen LogP contribution < -0.4 is 5.32 Å². The summed E-state index contributed by atoms with van der Waals surface area (Å²) < 4.78 is 40.8.